The second kappa shape index (κ2) is 14.6. The topological polar surface area (TPSA) is 3.24 Å². The third kappa shape index (κ3) is 5.83. The molecule has 0 aromatic heterocycles. The van der Waals surface area contributed by atoms with Gasteiger partial charge in [0.1, 0.15) is 0 Å². The van der Waals surface area contributed by atoms with E-state index in [-0.39, 0.29) is 5.41 Å². The smallest absolute Gasteiger partial charge is 0.0540 e. The molecule has 0 heterocycles. The van der Waals surface area contributed by atoms with Gasteiger partial charge < -0.3 is 4.90 Å². The summed E-state index contributed by atoms with van der Waals surface area (Å²) in [6, 6.07) is 74.9. The van der Waals surface area contributed by atoms with Crippen LogP contribution in [0, 0.1) is 0 Å². The fourth-order valence-electron chi connectivity index (χ4n) is 10.7. The maximum atomic E-state index is 2.56. The summed E-state index contributed by atoms with van der Waals surface area (Å²) < 4.78 is 0. The minimum atomic E-state index is -0.325. The van der Waals surface area contributed by atoms with Gasteiger partial charge in [0, 0.05) is 22.2 Å². The van der Waals surface area contributed by atoms with Crippen LogP contribution in [0.15, 0.2) is 200 Å². The summed E-state index contributed by atoms with van der Waals surface area (Å²) in [7, 11) is 0. The monoisotopic (exact) mass is 757 g/mol. The lowest BCUT2D eigenvalue weighted by Crippen LogP contribution is -2.23. The van der Waals surface area contributed by atoms with E-state index in [1.165, 1.54) is 115 Å². The van der Waals surface area contributed by atoms with Crippen molar-refractivity contribution >= 4 is 38.6 Å². The number of hydrogen-bond acceptors (Lipinski definition) is 1. The Hall–Kier alpha value is -6.70. The second-order valence-corrected chi connectivity index (χ2v) is 16.7. The van der Waals surface area contributed by atoms with Crippen molar-refractivity contribution < 1.29 is 0 Å². The van der Waals surface area contributed by atoms with Gasteiger partial charge in [-0.3, -0.25) is 0 Å². The summed E-state index contributed by atoms with van der Waals surface area (Å²) in [5.74, 6) is 0.581. The third-order valence-electron chi connectivity index (χ3n) is 13.5. The Labute approximate surface area is 348 Å². The van der Waals surface area contributed by atoms with Crippen LogP contribution < -0.4 is 4.90 Å². The van der Waals surface area contributed by atoms with Gasteiger partial charge in [-0.2, -0.15) is 0 Å². The highest BCUT2D eigenvalue weighted by Gasteiger charge is 2.41. The first-order valence-electron chi connectivity index (χ1n) is 21.5. The molecular formula is C58H47N. The predicted octanol–water partition coefficient (Wildman–Crippen LogP) is 16.2. The average Bonchev–Trinajstić information content (AvgIpc) is 3.57. The second-order valence-electron chi connectivity index (χ2n) is 16.7. The van der Waals surface area contributed by atoms with Gasteiger partial charge in [0.05, 0.1) is 11.4 Å². The number of nitrogens with zero attached hydrogens (tertiary/aromatic N) is 1. The zero-order chi connectivity index (χ0) is 39.3. The Balaban J connectivity index is 1.19. The molecule has 0 spiro atoms. The van der Waals surface area contributed by atoms with E-state index in [2.05, 4.69) is 212 Å². The molecule has 1 unspecified atom stereocenters. The van der Waals surface area contributed by atoms with Gasteiger partial charge >= 0.3 is 0 Å². The van der Waals surface area contributed by atoms with Gasteiger partial charge in [0.25, 0.3) is 0 Å². The Kier molecular flexibility index (Phi) is 8.77. The van der Waals surface area contributed by atoms with E-state index in [0.29, 0.717) is 5.92 Å². The Bertz CT molecular complexity index is 3000. The van der Waals surface area contributed by atoms with Crippen molar-refractivity contribution in [3.05, 3.63) is 222 Å². The first-order valence-corrected chi connectivity index (χ1v) is 21.5. The lowest BCUT2D eigenvalue weighted by atomic mass is 9.74. The molecule has 284 valence electrons. The highest BCUT2D eigenvalue weighted by Crippen LogP contribution is 2.55. The molecule has 2 aliphatic rings. The van der Waals surface area contributed by atoms with Gasteiger partial charge in [0.15, 0.2) is 0 Å². The molecule has 0 radical (unpaired) electrons. The summed E-state index contributed by atoms with van der Waals surface area (Å²) >= 11 is 0. The molecule has 0 amide bonds. The summed E-state index contributed by atoms with van der Waals surface area (Å²) in [5, 5.41) is 5.21. The van der Waals surface area contributed by atoms with Crippen LogP contribution in [0.1, 0.15) is 67.2 Å². The molecule has 1 nitrogen and oxygen atoms in total. The Morgan fingerprint density at radius 3 is 1.76 bits per heavy atom. The zero-order valence-electron chi connectivity index (χ0n) is 33.6. The maximum absolute atomic E-state index is 2.56. The fraction of sp³-hybridized carbons (Fsp3) is 0.138. The lowest BCUT2D eigenvalue weighted by molar-refractivity contribution is 0.445. The van der Waals surface area contributed by atoms with E-state index in [1.807, 2.05) is 0 Å². The third-order valence-corrected chi connectivity index (χ3v) is 13.5. The van der Waals surface area contributed by atoms with Crippen LogP contribution in [0.25, 0.3) is 54.9 Å². The SMILES string of the molecule is CC1(c2ccccc2)c2ccccc2-c2ccc(N(c3ccccc3-c3cccc4ccccc34)c3ccccc3-c3cccc4cccc(C5CCCCC5)c34)cc21. The van der Waals surface area contributed by atoms with Crippen LogP contribution in [0.5, 0.6) is 0 Å². The normalized spacial score (nSPS) is 16.2. The number of para-hydroxylation sites is 2. The first-order chi connectivity index (χ1) is 29.2. The minimum Gasteiger partial charge on any atom is -0.309 e. The number of benzene rings is 9. The van der Waals surface area contributed by atoms with E-state index in [0.717, 1.165) is 11.4 Å². The van der Waals surface area contributed by atoms with Crippen molar-refractivity contribution in [2.24, 2.45) is 0 Å². The molecule has 59 heavy (non-hydrogen) atoms. The summed E-state index contributed by atoms with van der Waals surface area (Å²) in [5.41, 5.74) is 16.2. The van der Waals surface area contributed by atoms with E-state index >= 15 is 0 Å². The van der Waals surface area contributed by atoms with Crippen molar-refractivity contribution in [2.75, 3.05) is 4.90 Å². The molecule has 1 fully saturated rings. The van der Waals surface area contributed by atoms with Gasteiger partial charge in [-0.1, -0.05) is 195 Å². The van der Waals surface area contributed by atoms with Crippen LogP contribution in [0.4, 0.5) is 17.1 Å². The Morgan fingerprint density at radius 2 is 0.983 bits per heavy atom. The molecule has 1 saturated carbocycles. The van der Waals surface area contributed by atoms with Crippen LogP contribution in [-0.2, 0) is 5.41 Å². The Morgan fingerprint density at radius 1 is 0.424 bits per heavy atom. The molecule has 1 heteroatoms. The maximum Gasteiger partial charge on any atom is 0.0540 e. The van der Waals surface area contributed by atoms with Gasteiger partial charge in [0.2, 0.25) is 0 Å². The van der Waals surface area contributed by atoms with Gasteiger partial charge in [-0.15, -0.1) is 0 Å². The molecule has 1 atom stereocenters. The fourth-order valence-corrected chi connectivity index (χ4v) is 10.7. The molecule has 0 aliphatic heterocycles. The molecule has 2 aliphatic carbocycles. The molecule has 11 rings (SSSR count). The van der Waals surface area contributed by atoms with E-state index < -0.39 is 0 Å². The highest BCUT2D eigenvalue weighted by molar-refractivity contribution is 6.06. The number of anilines is 3. The lowest BCUT2D eigenvalue weighted by Gasteiger charge is -2.33. The van der Waals surface area contributed by atoms with Crippen LogP contribution in [-0.4, -0.2) is 0 Å². The van der Waals surface area contributed by atoms with Crippen LogP contribution in [0.2, 0.25) is 0 Å². The van der Waals surface area contributed by atoms with Crippen molar-refractivity contribution in [3.8, 4) is 33.4 Å². The minimum absolute atomic E-state index is 0.325. The molecule has 0 bridgehead atoms. The summed E-state index contributed by atoms with van der Waals surface area (Å²) in [6.45, 7) is 2.42. The van der Waals surface area contributed by atoms with E-state index in [9.17, 15) is 0 Å². The van der Waals surface area contributed by atoms with Crippen molar-refractivity contribution in [2.45, 2.75) is 50.4 Å². The molecule has 9 aromatic rings. The van der Waals surface area contributed by atoms with E-state index in [4.69, 9.17) is 0 Å². The number of fused-ring (bicyclic) bond motifs is 5. The molecule has 0 N–H and O–H groups in total. The number of rotatable bonds is 7. The van der Waals surface area contributed by atoms with Crippen molar-refractivity contribution in [3.63, 3.8) is 0 Å². The first kappa shape index (κ1) is 35.5. The van der Waals surface area contributed by atoms with Gasteiger partial charge in [-0.25, -0.2) is 0 Å². The summed E-state index contributed by atoms with van der Waals surface area (Å²) in [4.78, 5) is 2.56. The average molecular weight is 758 g/mol. The van der Waals surface area contributed by atoms with Crippen LogP contribution >= 0.6 is 0 Å². The quantitative estimate of drug-likeness (QED) is 0.156. The largest absolute Gasteiger partial charge is 0.309 e. The zero-order valence-corrected chi connectivity index (χ0v) is 33.6. The number of hydrogen-bond donors (Lipinski definition) is 0. The predicted molar refractivity (Wildman–Crippen MR) is 250 cm³/mol. The molecular weight excluding hydrogens is 711 g/mol. The van der Waals surface area contributed by atoms with E-state index in [1.54, 1.807) is 0 Å². The molecule has 0 saturated heterocycles. The van der Waals surface area contributed by atoms with Crippen LogP contribution in [0.3, 0.4) is 0 Å². The molecule has 9 aromatic carbocycles. The van der Waals surface area contributed by atoms with Gasteiger partial charge in [-0.05, 0) is 116 Å². The van der Waals surface area contributed by atoms with Crippen molar-refractivity contribution in [1.29, 1.82) is 0 Å². The standard InChI is InChI=1S/C58H47N/c1-58(43-25-6-3-7-26-43)53-34-13-10-28-48(53)49-38-37-44(39-54(49)58)59(55-35-14-11-29-50(55)47-32-16-22-40-21-8-9-27-45(40)47)56-36-15-12-30-51(56)52-33-18-24-42-23-17-31-46(57(42)52)41-19-4-2-5-20-41/h3,6-18,21-39,41H,2,4-5,19-20H2,1H3. The highest BCUT2D eigenvalue weighted by atomic mass is 15.1. The van der Waals surface area contributed by atoms with Crippen molar-refractivity contribution in [1.82, 2.24) is 0 Å². The summed E-state index contributed by atoms with van der Waals surface area (Å²) in [6.07, 6.45) is 6.48.